The van der Waals surface area contributed by atoms with Crippen LogP contribution in [0.2, 0.25) is 0 Å². The molecule has 28 heavy (non-hydrogen) atoms. The zero-order chi connectivity index (χ0) is 18.9. The fraction of sp³-hybridized carbons (Fsp3) is 0.579. The predicted octanol–water partition coefficient (Wildman–Crippen LogP) is 0.894. The van der Waals surface area contributed by atoms with Crippen molar-refractivity contribution in [3.8, 4) is 11.3 Å². The van der Waals surface area contributed by atoms with Gasteiger partial charge in [0.2, 0.25) is 11.9 Å². The van der Waals surface area contributed by atoms with E-state index in [2.05, 4.69) is 19.8 Å². The molecule has 0 aliphatic carbocycles. The van der Waals surface area contributed by atoms with Gasteiger partial charge in [0.1, 0.15) is 5.82 Å². The highest BCUT2D eigenvalue weighted by Gasteiger charge is 2.33. The van der Waals surface area contributed by atoms with Gasteiger partial charge in [-0.2, -0.15) is 4.98 Å². The summed E-state index contributed by atoms with van der Waals surface area (Å²) >= 11 is 0. The number of anilines is 3. The monoisotopic (exact) mass is 383 g/mol. The van der Waals surface area contributed by atoms with Crippen LogP contribution in [0.25, 0.3) is 11.3 Å². The summed E-state index contributed by atoms with van der Waals surface area (Å²) in [5.41, 5.74) is 8.63. The van der Waals surface area contributed by atoms with Gasteiger partial charge in [0.15, 0.2) is 0 Å². The fourth-order valence-electron chi connectivity index (χ4n) is 4.20. The van der Waals surface area contributed by atoms with Crippen LogP contribution in [0.1, 0.15) is 18.4 Å². The van der Waals surface area contributed by atoms with Crippen molar-refractivity contribution in [2.24, 2.45) is 0 Å². The van der Waals surface area contributed by atoms with E-state index >= 15 is 0 Å². The summed E-state index contributed by atoms with van der Waals surface area (Å²) in [6, 6.07) is 0.373. The number of fused-ring (bicyclic) bond motifs is 1. The van der Waals surface area contributed by atoms with Crippen molar-refractivity contribution in [1.82, 2.24) is 19.9 Å². The highest BCUT2D eigenvalue weighted by atomic mass is 16.5. The van der Waals surface area contributed by atoms with E-state index in [0.29, 0.717) is 19.3 Å². The maximum Gasteiger partial charge on any atom is 0.228 e. The van der Waals surface area contributed by atoms with Gasteiger partial charge in [-0.05, 0) is 19.3 Å². The van der Waals surface area contributed by atoms with Crippen LogP contribution in [0, 0.1) is 0 Å². The molecule has 0 saturated carbocycles. The average Bonchev–Trinajstić information content (AvgIpc) is 3.19. The summed E-state index contributed by atoms with van der Waals surface area (Å²) in [4.78, 5) is 22.9. The molecule has 0 aromatic carbocycles. The third-order valence-electron chi connectivity index (χ3n) is 5.66. The average molecular weight is 383 g/mol. The van der Waals surface area contributed by atoms with Crippen molar-refractivity contribution in [2.75, 3.05) is 61.6 Å². The van der Waals surface area contributed by atoms with Gasteiger partial charge < -0.3 is 25.0 Å². The van der Waals surface area contributed by atoms with Crippen molar-refractivity contribution in [1.29, 1.82) is 0 Å². The number of nitrogens with zero attached hydrogens (tertiary/aromatic N) is 6. The first kappa shape index (κ1) is 17.6. The van der Waals surface area contributed by atoms with Crippen LogP contribution in [0.4, 0.5) is 17.7 Å². The molecule has 9 nitrogen and oxygen atoms in total. The number of morpholine rings is 1. The second-order valence-corrected chi connectivity index (χ2v) is 7.42. The Bertz CT molecular complexity index is 833. The molecule has 5 rings (SSSR count). The Hall–Kier alpha value is -2.52. The minimum atomic E-state index is 0.267. The summed E-state index contributed by atoms with van der Waals surface area (Å²) in [5.74, 6) is 2.04. The van der Waals surface area contributed by atoms with Crippen molar-refractivity contribution in [3.05, 3.63) is 18.0 Å². The van der Waals surface area contributed by atoms with E-state index in [4.69, 9.17) is 25.2 Å². The maximum atomic E-state index is 5.74. The van der Waals surface area contributed by atoms with E-state index in [0.717, 1.165) is 80.7 Å². The van der Waals surface area contributed by atoms with E-state index in [1.54, 1.807) is 12.4 Å². The minimum Gasteiger partial charge on any atom is -0.379 e. The molecular weight excluding hydrogens is 358 g/mol. The summed E-state index contributed by atoms with van der Waals surface area (Å²) in [7, 11) is 0. The lowest BCUT2D eigenvalue weighted by Gasteiger charge is -2.33. The Morgan fingerprint density at radius 3 is 2.57 bits per heavy atom. The normalized spacial score (nSPS) is 22.4. The second kappa shape index (κ2) is 7.48. The van der Waals surface area contributed by atoms with Crippen molar-refractivity contribution in [2.45, 2.75) is 25.3 Å². The molecule has 2 fully saturated rings. The van der Waals surface area contributed by atoms with Gasteiger partial charge in [0.25, 0.3) is 0 Å². The highest BCUT2D eigenvalue weighted by molar-refractivity contribution is 5.72. The van der Waals surface area contributed by atoms with E-state index in [-0.39, 0.29) is 5.95 Å². The molecule has 0 bridgehead atoms. The Labute approximate surface area is 163 Å². The van der Waals surface area contributed by atoms with Gasteiger partial charge in [-0.15, -0.1) is 0 Å². The molecule has 1 atom stereocenters. The van der Waals surface area contributed by atoms with Gasteiger partial charge in [0.05, 0.1) is 31.6 Å². The Morgan fingerprint density at radius 1 is 1.00 bits per heavy atom. The van der Waals surface area contributed by atoms with E-state index in [1.807, 2.05) is 0 Å². The fourth-order valence-corrected chi connectivity index (χ4v) is 4.20. The molecule has 0 amide bonds. The molecule has 2 aromatic rings. The lowest BCUT2D eigenvalue weighted by atomic mass is 10.1. The molecule has 148 valence electrons. The lowest BCUT2D eigenvalue weighted by Crippen LogP contribution is -2.41. The zero-order valence-corrected chi connectivity index (χ0v) is 15.9. The topological polar surface area (TPSA) is 103 Å². The molecule has 2 saturated heterocycles. The second-order valence-electron chi connectivity index (χ2n) is 7.42. The number of ether oxygens (including phenoxy) is 2. The maximum absolute atomic E-state index is 5.74. The Kier molecular flexibility index (Phi) is 4.69. The van der Waals surface area contributed by atoms with Crippen LogP contribution in [0.5, 0.6) is 0 Å². The predicted molar refractivity (Wildman–Crippen MR) is 105 cm³/mol. The third kappa shape index (κ3) is 3.24. The summed E-state index contributed by atoms with van der Waals surface area (Å²) in [6.07, 6.45) is 6.64. The first-order valence-electron chi connectivity index (χ1n) is 9.95. The van der Waals surface area contributed by atoms with E-state index in [1.165, 1.54) is 0 Å². The summed E-state index contributed by atoms with van der Waals surface area (Å²) in [6.45, 7) is 5.53. The number of hydrogen-bond donors (Lipinski definition) is 1. The van der Waals surface area contributed by atoms with Crippen molar-refractivity contribution < 1.29 is 9.47 Å². The van der Waals surface area contributed by atoms with Gasteiger partial charge in [-0.3, -0.25) is 0 Å². The quantitative estimate of drug-likeness (QED) is 0.828. The summed E-state index contributed by atoms with van der Waals surface area (Å²) < 4.78 is 11.2. The molecule has 9 heteroatoms. The van der Waals surface area contributed by atoms with Crippen molar-refractivity contribution >= 4 is 17.7 Å². The number of rotatable bonds is 3. The van der Waals surface area contributed by atoms with Gasteiger partial charge >= 0.3 is 0 Å². The standard InChI is InChI=1S/C19H25N7O2/c20-18-21-10-13(11-22-18)16-15-3-4-26(14-2-1-7-28-12-14)17(15)24-19(23-16)25-5-8-27-9-6-25/h10-11,14H,1-9,12H2,(H2,20,21,22)/t14-/m1/s1. The number of hydrogen-bond acceptors (Lipinski definition) is 9. The van der Waals surface area contributed by atoms with Gasteiger partial charge in [-0.25, -0.2) is 15.0 Å². The van der Waals surface area contributed by atoms with Gasteiger partial charge in [-0.1, -0.05) is 0 Å². The Morgan fingerprint density at radius 2 is 1.82 bits per heavy atom. The van der Waals surface area contributed by atoms with Crippen LogP contribution in [0.15, 0.2) is 12.4 Å². The molecule has 0 spiro atoms. The smallest absolute Gasteiger partial charge is 0.228 e. The van der Waals surface area contributed by atoms with E-state index in [9.17, 15) is 0 Å². The molecule has 2 aromatic heterocycles. The van der Waals surface area contributed by atoms with E-state index < -0.39 is 0 Å². The lowest BCUT2D eigenvalue weighted by molar-refractivity contribution is 0.0796. The first-order chi connectivity index (χ1) is 13.8. The zero-order valence-electron chi connectivity index (χ0n) is 15.9. The van der Waals surface area contributed by atoms with Crippen LogP contribution in [-0.2, 0) is 15.9 Å². The Balaban J connectivity index is 1.58. The molecular formula is C19H25N7O2. The highest BCUT2D eigenvalue weighted by Crippen LogP contribution is 2.37. The summed E-state index contributed by atoms with van der Waals surface area (Å²) in [5, 5.41) is 0. The van der Waals surface area contributed by atoms with Crippen molar-refractivity contribution in [3.63, 3.8) is 0 Å². The van der Waals surface area contributed by atoms with Crippen LogP contribution in [-0.4, -0.2) is 72.0 Å². The largest absolute Gasteiger partial charge is 0.379 e. The van der Waals surface area contributed by atoms with Crippen LogP contribution >= 0.6 is 0 Å². The third-order valence-corrected chi connectivity index (χ3v) is 5.66. The van der Waals surface area contributed by atoms with Crippen LogP contribution < -0.4 is 15.5 Å². The van der Waals surface area contributed by atoms with Crippen LogP contribution in [0.3, 0.4) is 0 Å². The molecule has 2 N–H and O–H groups in total. The molecule has 0 unspecified atom stereocenters. The molecule has 5 heterocycles. The first-order valence-corrected chi connectivity index (χ1v) is 9.95. The van der Waals surface area contributed by atoms with Gasteiger partial charge in [0, 0.05) is 49.8 Å². The molecule has 3 aliphatic heterocycles. The molecule has 3 aliphatic rings. The number of nitrogen functional groups attached to an aromatic ring is 1. The SMILES string of the molecule is Nc1ncc(-c2nc(N3CCOCC3)nc3c2CCN3[C@@H]2CCCOC2)cn1. The molecule has 0 radical (unpaired) electrons. The minimum absolute atomic E-state index is 0.267. The number of nitrogens with two attached hydrogens (primary N) is 1. The number of aromatic nitrogens is 4.